The first-order chi connectivity index (χ1) is 27.9. The van der Waals surface area contributed by atoms with Crippen LogP contribution in [0.3, 0.4) is 0 Å². The number of unbranched alkanes of at least 4 members (excludes halogenated alkanes) is 10. The molecule has 1 rings (SSSR count). The maximum Gasteiger partial charge on any atom is 0.472 e. The Kier molecular flexibility index (Phi) is 32.0. The number of allylic oxidation sites excluding steroid dienone is 6. The van der Waals surface area contributed by atoms with Crippen molar-refractivity contribution < 1.29 is 63.1 Å². The Morgan fingerprint density at radius 1 is 0.724 bits per heavy atom. The van der Waals surface area contributed by atoms with Crippen molar-refractivity contribution in [3.8, 4) is 0 Å². The fourth-order valence-electron chi connectivity index (χ4n) is 6.62. The van der Waals surface area contributed by atoms with Gasteiger partial charge in [-0.05, 0) is 70.1 Å². The lowest BCUT2D eigenvalue weighted by atomic mass is 9.88. The molecular formula is C44H77O13P. The molecule has 0 saturated heterocycles. The number of phosphoric acid groups is 1. The molecule has 1 saturated carbocycles. The van der Waals surface area contributed by atoms with Crippen LogP contribution < -0.4 is 0 Å². The molecule has 0 aromatic heterocycles. The second-order valence-electron chi connectivity index (χ2n) is 15.3. The van der Waals surface area contributed by atoms with Crippen LogP contribution in [0.1, 0.15) is 149 Å². The van der Waals surface area contributed by atoms with Crippen LogP contribution >= 0.6 is 7.82 Å². The minimum atomic E-state index is -4.69. The van der Waals surface area contributed by atoms with Gasteiger partial charge in [-0.15, -0.1) is 0 Å². The zero-order chi connectivity index (χ0) is 42.9. The van der Waals surface area contributed by atoms with Crippen molar-refractivity contribution in [2.24, 2.45) is 11.8 Å². The largest absolute Gasteiger partial charge is 0.472 e. The number of carbonyl (C=O) groups is 2. The first-order valence-corrected chi connectivity index (χ1v) is 23.3. The molecule has 1 unspecified atom stereocenters. The summed E-state index contributed by atoms with van der Waals surface area (Å²) < 4.78 is 32.7. The van der Waals surface area contributed by atoms with Gasteiger partial charge in [0.05, 0.1) is 38.1 Å². The van der Waals surface area contributed by atoms with E-state index in [0.29, 0.717) is 38.5 Å². The van der Waals surface area contributed by atoms with Crippen molar-refractivity contribution in [3.63, 3.8) is 0 Å². The van der Waals surface area contributed by atoms with Crippen LogP contribution in [0.5, 0.6) is 0 Å². The number of hydrogen-bond acceptors (Lipinski definition) is 12. The van der Waals surface area contributed by atoms with Gasteiger partial charge in [-0.1, -0.05) is 114 Å². The van der Waals surface area contributed by atoms with E-state index < -0.39 is 76.7 Å². The van der Waals surface area contributed by atoms with E-state index in [1.54, 1.807) is 6.08 Å². The summed E-state index contributed by atoms with van der Waals surface area (Å²) in [6.45, 7) is 1.95. The average molecular weight is 845 g/mol. The molecule has 13 nitrogen and oxygen atoms in total. The molecule has 1 fully saturated rings. The molecule has 8 atom stereocenters. The summed E-state index contributed by atoms with van der Waals surface area (Å²) in [7, 11) is -4.69. The van der Waals surface area contributed by atoms with Crippen LogP contribution in [0, 0.1) is 11.8 Å². The van der Waals surface area contributed by atoms with Crippen LogP contribution in [0.15, 0.2) is 48.6 Å². The quantitative estimate of drug-likeness (QED) is 0.0155. The lowest BCUT2D eigenvalue weighted by Gasteiger charge is -2.21. The zero-order valence-electron chi connectivity index (χ0n) is 35.3. The van der Waals surface area contributed by atoms with Crippen molar-refractivity contribution in [3.05, 3.63) is 48.6 Å². The SMILES string of the molecule is CCCCC/C=C\C/C=C\C/C=C\CCCCC(=O)OC[C@H](COP(=O)(O)OC[C@@H](O)CO)OC(=O)CCCCCC[C@@H]1[C@@H](/C=C/[C@@H](O)CCCCC)[C@H](O)C[C@@H]1O. The molecule has 6 N–H and O–H groups in total. The molecule has 0 radical (unpaired) electrons. The van der Waals surface area contributed by atoms with Crippen molar-refractivity contribution in [2.75, 3.05) is 26.4 Å². The van der Waals surface area contributed by atoms with E-state index >= 15 is 0 Å². The highest BCUT2D eigenvalue weighted by Gasteiger charge is 2.39. The number of aliphatic hydroxyl groups excluding tert-OH is 5. The summed E-state index contributed by atoms with van der Waals surface area (Å²) in [5, 5.41) is 49.7. The van der Waals surface area contributed by atoms with Gasteiger partial charge >= 0.3 is 19.8 Å². The normalized spacial score (nSPS) is 21.3. The van der Waals surface area contributed by atoms with Crippen molar-refractivity contribution >= 4 is 19.8 Å². The summed E-state index contributed by atoms with van der Waals surface area (Å²) in [6, 6.07) is 0. The minimum Gasteiger partial charge on any atom is -0.462 e. The fraction of sp³-hybridized carbons (Fsp3) is 0.773. The Balaban J connectivity index is 2.49. The lowest BCUT2D eigenvalue weighted by molar-refractivity contribution is -0.161. The minimum absolute atomic E-state index is 0.0476. The van der Waals surface area contributed by atoms with Gasteiger partial charge in [0.25, 0.3) is 0 Å². The summed E-state index contributed by atoms with van der Waals surface area (Å²) in [5.74, 6) is -1.46. The van der Waals surface area contributed by atoms with E-state index in [1.165, 1.54) is 19.3 Å². The van der Waals surface area contributed by atoms with Crippen LogP contribution in [-0.2, 0) is 32.7 Å². The maximum absolute atomic E-state index is 12.7. The van der Waals surface area contributed by atoms with Gasteiger partial charge in [-0.3, -0.25) is 18.6 Å². The molecule has 0 heterocycles. The Bertz CT molecular complexity index is 1220. The Morgan fingerprint density at radius 2 is 1.31 bits per heavy atom. The molecule has 1 aliphatic carbocycles. The Morgan fingerprint density at radius 3 is 1.98 bits per heavy atom. The highest BCUT2D eigenvalue weighted by Crippen LogP contribution is 2.43. The van der Waals surface area contributed by atoms with E-state index in [9.17, 15) is 39.5 Å². The molecular weight excluding hydrogens is 767 g/mol. The van der Waals surface area contributed by atoms with Gasteiger partial charge in [-0.2, -0.15) is 0 Å². The van der Waals surface area contributed by atoms with E-state index in [2.05, 4.69) is 54.8 Å². The summed E-state index contributed by atoms with van der Waals surface area (Å²) in [5.41, 5.74) is 0. The number of carbonyl (C=O) groups excluding carboxylic acids is 2. The molecule has 14 heteroatoms. The molecule has 58 heavy (non-hydrogen) atoms. The standard InChI is InChI=1S/C44H77O13P/c1-3-5-7-8-9-10-11-12-13-14-15-16-17-18-23-27-43(50)54-34-38(35-56-58(52,53)55-33-37(47)32-45)57-44(51)28-24-20-19-22-26-39-40(42(49)31-41(39)48)30-29-36(46)25-21-6-4-2/h9-10,12-13,15-16,29-30,36-42,45-49H,3-8,11,14,17-28,31-35H2,1-2H3,(H,52,53)/b10-9-,13-12-,16-15-,30-29+/t36-,37-,38+,39+,40+,41-,42+/m0/s1. The smallest absolute Gasteiger partial charge is 0.462 e. The third kappa shape index (κ3) is 28.3. The highest BCUT2D eigenvalue weighted by atomic mass is 31.2. The van der Waals surface area contributed by atoms with Crippen molar-refractivity contribution in [1.29, 1.82) is 0 Å². The maximum atomic E-state index is 12.7. The van der Waals surface area contributed by atoms with Crippen LogP contribution in [0.4, 0.5) is 0 Å². The molecule has 0 bridgehead atoms. The second-order valence-corrected chi connectivity index (χ2v) is 16.8. The summed E-state index contributed by atoms with van der Waals surface area (Å²) in [4.78, 5) is 35.2. The molecule has 0 amide bonds. The second kappa shape index (κ2) is 34.5. The highest BCUT2D eigenvalue weighted by molar-refractivity contribution is 7.47. The number of aliphatic hydroxyl groups is 5. The lowest BCUT2D eigenvalue weighted by Crippen LogP contribution is -2.29. The van der Waals surface area contributed by atoms with Crippen molar-refractivity contribution in [2.45, 2.75) is 179 Å². The van der Waals surface area contributed by atoms with Gasteiger partial charge < -0.3 is 39.9 Å². The van der Waals surface area contributed by atoms with Gasteiger partial charge in [-0.25, -0.2) is 4.57 Å². The van der Waals surface area contributed by atoms with E-state index in [-0.39, 0.29) is 24.7 Å². The third-order valence-corrected chi connectivity index (χ3v) is 11.0. The van der Waals surface area contributed by atoms with Crippen LogP contribution in [0.25, 0.3) is 0 Å². The first-order valence-electron chi connectivity index (χ1n) is 21.9. The number of phosphoric ester groups is 1. The van der Waals surface area contributed by atoms with Crippen molar-refractivity contribution in [1.82, 2.24) is 0 Å². The first kappa shape index (κ1) is 53.8. The van der Waals surface area contributed by atoms with E-state index in [0.717, 1.165) is 64.2 Å². The monoisotopic (exact) mass is 845 g/mol. The predicted molar refractivity (Wildman–Crippen MR) is 226 cm³/mol. The van der Waals surface area contributed by atoms with Gasteiger partial charge in [0.1, 0.15) is 12.7 Å². The Hall–Kier alpha value is -2.19. The molecule has 0 spiro atoms. The summed E-state index contributed by atoms with van der Waals surface area (Å²) >= 11 is 0. The number of esters is 2. The number of rotatable bonds is 36. The van der Waals surface area contributed by atoms with Crippen LogP contribution in [-0.4, -0.2) is 99.3 Å². The zero-order valence-corrected chi connectivity index (χ0v) is 36.2. The van der Waals surface area contributed by atoms with Gasteiger partial charge in [0.15, 0.2) is 6.10 Å². The fourth-order valence-corrected chi connectivity index (χ4v) is 7.41. The predicted octanol–water partition coefficient (Wildman–Crippen LogP) is 7.71. The number of hydrogen-bond donors (Lipinski definition) is 6. The summed E-state index contributed by atoms with van der Waals surface area (Å²) in [6.07, 6.45) is 28.6. The molecule has 1 aliphatic rings. The van der Waals surface area contributed by atoms with E-state index in [4.69, 9.17) is 19.1 Å². The average Bonchev–Trinajstić information content (AvgIpc) is 3.47. The third-order valence-electron chi connectivity index (χ3n) is 10.1. The molecule has 0 aromatic carbocycles. The Labute approximate surface area is 348 Å². The molecule has 336 valence electrons. The number of ether oxygens (including phenoxy) is 2. The van der Waals surface area contributed by atoms with Gasteiger partial charge in [0.2, 0.25) is 0 Å². The van der Waals surface area contributed by atoms with Crippen LogP contribution in [0.2, 0.25) is 0 Å². The van der Waals surface area contributed by atoms with E-state index in [1.807, 2.05) is 6.08 Å². The molecule has 0 aliphatic heterocycles. The molecule has 0 aromatic rings. The van der Waals surface area contributed by atoms with Gasteiger partial charge in [0, 0.05) is 25.2 Å². The topological polar surface area (TPSA) is 210 Å².